The third-order valence-corrected chi connectivity index (χ3v) is 0. The number of hydrogen-bond donors (Lipinski definition) is 0. The van der Waals surface area contributed by atoms with Crippen LogP contribution in [0.4, 0.5) is 0 Å². The third-order valence-electron chi connectivity index (χ3n) is 0. The summed E-state index contributed by atoms with van der Waals surface area (Å²) in [5.41, 5.74) is 0. The average Bonchev–Trinajstić information content (AvgIpc) is 1.00. The topological polar surface area (TPSA) is 45.6 Å². The van der Waals surface area contributed by atoms with Crippen molar-refractivity contribution < 1.29 is 25.4 Å². The summed E-state index contributed by atoms with van der Waals surface area (Å²) in [7, 11) is 0. The Labute approximate surface area is 50.0 Å². The molecule has 0 fully saturated rings. The molecule has 0 aliphatic heterocycles. The number of hydrogen-bond acceptors (Lipinski definition) is 1. The molecule has 0 aromatic carbocycles. The summed E-state index contributed by atoms with van der Waals surface area (Å²) in [4.78, 5) is 0. The van der Waals surface area contributed by atoms with Gasteiger partial charge in [-0.3, -0.25) is 0 Å². The minimum absolute atomic E-state index is 0. The van der Waals surface area contributed by atoms with Crippen molar-refractivity contribution in [1.82, 2.24) is 0 Å². The van der Waals surface area contributed by atoms with E-state index in [0.717, 1.165) is 0 Å². The van der Waals surface area contributed by atoms with E-state index in [4.69, 9.17) is 2.81 Å². The maximum absolute atomic E-state index is 8.36. The zero-order valence-electron chi connectivity index (χ0n) is 1.62. The zero-order valence-corrected chi connectivity index (χ0v) is 6.20. The molecule has 0 rings (SSSR count). The predicted molar refractivity (Wildman–Crippen MR) is 7.13 cm³/mol. The zero-order chi connectivity index (χ0) is 2.00. The minimum atomic E-state index is 0. The summed E-state index contributed by atoms with van der Waals surface area (Å²) < 4.78 is 8.36. The van der Waals surface area contributed by atoms with Gasteiger partial charge in [-0.1, -0.05) is 0 Å². The van der Waals surface area contributed by atoms with Crippen LogP contribution in [0.1, 0.15) is 0 Å². The van der Waals surface area contributed by atoms with E-state index >= 15 is 0 Å². The molecule has 0 saturated carbocycles. The summed E-state index contributed by atoms with van der Waals surface area (Å²) in [6, 6.07) is 0. The molecule has 0 atom stereocenters. The molecule has 2 nitrogen and oxygen atoms in total. The van der Waals surface area contributed by atoms with Gasteiger partial charge in [0.15, 0.2) is 0 Å². The van der Waals surface area contributed by atoms with Crippen LogP contribution in [0.25, 0.3) is 0 Å². The SMILES string of the molecule is [Fe+2].[O-2].[O]=[Bi+]. The van der Waals surface area contributed by atoms with Crippen LogP contribution in [0.2, 0.25) is 0 Å². The van der Waals surface area contributed by atoms with Gasteiger partial charge in [0, 0.05) is 0 Å². The molecule has 0 aliphatic rings. The van der Waals surface area contributed by atoms with Gasteiger partial charge in [-0.15, -0.1) is 0 Å². The first-order chi connectivity index (χ1) is 1.00. The van der Waals surface area contributed by atoms with E-state index < -0.39 is 0 Å². The second-order valence-corrected chi connectivity index (χ2v) is 0. The first-order valence-corrected chi connectivity index (χ1v) is 1.60. The molecule has 0 heterocycles. The summed E-state index contributed by atoms with van der Waals surface area (Å²) in [6.07, 6.45) is 0. The summed E-state index contributed by atoms with van der Waals surface area (Å²) in [6.45, 7) is 0. The van der Waals surface area contributed by atoms with Gasteiger partial charge in [0.2, 0.25) is 0 Å². The fourth-order valence-electron chi connectivity index (χ4n) is 0. The van der Waals surface area contributed by atoms with Crippen LogP contribution in [0.15, 0.2) is 0 Å². The Morgan fingerprint density at radius 3 is 1.25 bits per heavy atom. The van der Waals surface area contributed by atoms with E-state index in [-0.39, 0.29) is 47.3 Å². The van der Waals surface area contributed by atoms with E-state index in [9.17, 15) is 0 Å². The molecule has 0 unspecified atom stereocenters. The monoisotopic (exact) mass is 297 g/mol. The molecule has 4 heavy (non-hydrogen) atoms. The van der Waals surface area contributed by atoms with Crippen LogP contribution >= 0.6 is 0 Å². The fourth-order valence-corrected chi connectivity index (χ4v) is 0. The van der Waals surface area contributed by atoms with E-state index in [1.54, 1.807) is 0 Å². The molecule has 0 saturated heterocycles. The standard InChI is InChI=1S/Bi.Fe.2O/q+1;+2;;-2. The van der Waals surface area contributed by atoms with E-state index in [2.05, 4.69) is 0 Å². The van der Waals surface area contributed by atoms with Gasteiger partial charge in [0.1, 0.15) is 0 Å². The van der Waals surface area contributed by atoms with Crippen molar-refractivity contribution in [3.63, 3.8) is 0 Å². The van der Waals surface area contributed by atoms with E-state index in [1.165, 1.54) is 0 Å². The van der Waals surface area contributed by atoms with Crippen LogP contribution in [-0.2, 0) is 25.4 Å². The normalized spacial score (nSPS) is 1.00. The van der Waals surface area contributed by atoms with Crippen molar-refractivity contribution in [2.24, 2.45) is 0 Å². The Bertz CT molecular complexity index is 6.00. The number of rotatable bonds is 0. The molecular weight excluding hydrogens is 297 g/mol. The second kappa shape index (κ2) is 30.8. The molecule has 0 amide bonds. The second-order valence-electron chi connectivity index (χ2n) is 0. The van der Waals surface area contributed by atoms with Gasteiger partial charge in [-0.25, -0.2) is 0 Å². The molecule has 0 aliphatic carbocycles. The maximum atomic E-state index is 8.36. The summed E-state index contributed by atoms with van der Waals surface area (Å²) in [5.74, 6) is 0. The molecule has 0 bridgehead atoms. The van der Waals surface area contributed by atoms with Crippen LogP contribution in [-0.4, -0.2) is 24.7 Å². The van der Waals surface area contributed by atoms with Crippen LogP contribution in [0.5, 0.6) is 0 Å². The first kappa shape index (κ1) is 19.1. The van der Waals surface area contributed by atoms with Crippen molar-refractivity contribution in [3.05, 3.63) is 0 Å². The fraction of sp³-hybridized carbons (Fsp3) is 0. The molecule has 0 N–H and O–H groups in total. The van der Waals surface area contributed by atoms with Crippen molar-refractivity contribution >= 4 is 24.7 Å². The van der Waals surface area contributed by atoms with E-state index in [1.807, 2.05) is 0 Å². The Balaban J connectivity index is -0.00000000500. The van der Waals surface area contributed by atoms with Gasteiger partial charge in [-0.2, -0.15) is 0 Å². The first-order valence-electron chi connectivity index (χ1n) is 0.183. The Morgan fingerprint density at radius 2 is 1.25 bits per heavy atom. The Morgan fingerprint density at radius 1 is 1.25 bits per heavy atom. The summed E-state index contributed by atoms with van der Waals surface area (Å²) in [5, 5.41) is 0. The Hall–Kier alpha value is 1.16. The predicted octanol–water partition coefficient (Wildman–Crippen LogP) is -0.621. The van der Waals surface area contributed by atoms with Crippen molar-refractivity contribution in [3.8, 4) is 0 Å². The van der Waals surface area contributed by atoms with E-state index in [0.29, 0.717) is 0 Å². The third kappa shape index (κ3) is 10.9. The van der Waals surface area contributed by atoms with Gasteiger partial charge >= 0.3 is 44.6 Å². The quantitative estimate of drug-likeness (QED) is 0.550. The van der Waals surface area contributed by atoms with Crippen LogP contribution in [0, 0.1) is 0 Å². The molecule has 4 heteroatoms. The molecular formula is BiFeO2+. The van der Waals surface area contributed by atoms with Crippen molar-refractivity contribution in [2.75, 3.05) is 0 Å². The molecule has 0 spiro atoms. The van der Waals surface area contributed by atoms with Crippen molar-refractivity contribution in [2.45, 2.75) is 0 Å². The van der Waals surface area contributed by atoms with Gasteiger partial charge in [-0.05, 0) is 0 Å². The molecule has 2 radical (unpaired) electrons. The van der Waals surface area contributed by atoms with Gasteiger partial charge < -0.3 is 5.48 Å². The van der Waals surface area contributed by atoms with Crippen LogP contribution in [0.3, 0.4) is 0 Å². The summed E-state index contributed by atoms with van der Waals surface area (Å²) >= 11 is 0.194. The van der Waals surface area contributed by atoms with Gasteiger partial charge in [0.25, 0.3) is 0 Å². The van der Waals surface area contributed by atoms with Crippen LogP contribution < -0.4 is 0 Å². The average molecular weight is 297 g/mol. The molecule has 0 aromatic heterocycles. The Kier molecular flexibility index (Phi) is 147. The molecule has 24 valence electrons. The van der Waals surface area contributed by atoms with Crippen molar-refractivity contribution in [1.29, 1.82) is 0 Å². The molecule has 0 aromatic rings. The van der Waals surface area contributed by atoms with Gasteiger partial charge in [0.05, 0.1) is 0 Å².